The third-order valence-electron chi connectivity index (χ3n) is 5.37. The lowest BCUT2D eigenvalue weighted by Crippen LogP contribution is -2.39. The molecule has 1 aliphatic heterocycles. The zero-order valence-corrected chi connectivity index (χ0v) is 17.3. The smallest absolute Gasteiger partial charge is 0.248 e. The normalized spacial score (nSPS) is 17.2. The van der Waals surface area contributed by atoms with Crippen LogP contribution in [0.5, 0.6) is 5.75 Å². The van der Waals surface area contributed by atoms with Gasteiger partial charge in [0.05, 0.1) is 13.0 Å². The van der Waals surface area contributed by atoms with Gasteiger partial charge in [0.2, 0.25) is 11.8 Å². The summed E-state index contributed by atoms with van der Waals surface area (Å²) in [6, 6.07) is 15.9. The molecule has 1 fully saturated rings. The van der Waals surface area contributed by atoms with Gasteiger partial charge in [-0.3, -0.25) is 9.59 Å². The van der Waals surface area contributed by atoms with Crippen molar-refractivity contribution < 1.29 is 19.1 Å². The van der Waals surface area contributed by atoms with Gasteiger partial charge in [0.15, 0.2) is 0 Å². The first-order valence-electron chi connectivity index (χ1n) is 9.78. The Kier molecular flexibility index (Phi) is 6.88. The van der Waals surface area contributed by atoms with E-state index >= 15 is 0 Å². The minimum atomic E-state index is -0.306. The molecule has 29 heavy (non-hydrogen) atoms. The number of hydrogen-bond donors (Lipinski definition) is 0. The second-order valence-corrected chi connectivity index (χ2v) is 7.29. The Morgan fingerprint density at radius 3 is 2.45 bits per heavy atom. The Hall–Kier alpha value is -2.86. The number of amides is 2. The molecule has 1 atom stereocenters. The van der Waals surface area contributed by atoms with Crippen molar-refractivity contribution in [3.8, 4) is 16.9 Å². The van der Waals surface area contributed by atoms with Gasteiger partial charge in [-0.2, -0.15) is 0 Å². The number of nitrogens with zero attached hydrogens (tertiary/aromatic N) is 2. The molecule has 3 rings (SSSR count). The van der Waals surface area contributed by atoms with Gasteiger partial charge in [-0.05, 0) is 23.6 Å². The molecule has 0 N–H and O–H groups in total. The highest BCUT2D eigenvalue weighted by molar-refractivity contribution is 5.83. The van der Waals surface area contributed by atoms with Crippen LogP contribution in [-0.4, -0.2) is 69.1 Å². The van der Waals surface area contributed by atoms with Gasteiger partial charge in [-0.15, -0.1) is 0 Å². The molecule has 0 unspecified atom stereocenters. The van der Waals surface area contributed by atoms with Gasteiger partial charge in [0, 0.05) is 39.4 Å². The molecule has 2 aromatic carbocycles. The highest BCUT2D eigenvalue weighted by Gasteiger charge is 2.31. The number of likely N-dealkylation sites (N-methyl/N-ethyl adjacent to an activating group) is 1. The van der Waals surface area contributed by atoms with E-state index in [1.165, 1.54) is 7.11 Å². The molecule has 6 heteroatoms. The lowest BCUT2D eigenvalue weighted by molar-refractivity contribution is -0.136. The van der Waals surface area contributed by atoms with Crippen molar-refractivity contribution in [2.24, 2.45) is 5.92 Å². The van der Waals surface area contributed by atoms with E-state index in [-0.39, 0.29) is 24.3 Å². The largest absolute Gasteiger partial charge is 0.496 e. The van der Waals surface area contributed by atoms with Crippen LogP contribution in [0.3, 0.4) is 0 Å². The van der Waals surface area contributed by atoms with Crippen LogP contribution in [0.2, 0.25) is 0 Å². The molecule has 2 aromatic rings. The Labute approximate surface area is 172 Å². The van der Waals surface area contributed by atoms with Crippen LogP contribution in [0.15, 0.2) is 48.5 Å². The van der Waals surface area contributed by atoms with Crippen LogP contribution in [0.1, 0.15) is 5.56 Å². The summed E-state index contributed by atoms with van der Waals surface area (Å²) >= 11 is 0. The number of ether oxygens (including phenoxy) is 2. The molecular formula is C23H28N2O4. The van der Waals surface area contributed by atoms with Crippen LogP contribution in [0.25, 0.3) is 11.1 Å². The fraction of sp³-hybridized carbons (Fsp3) is 0.391. The number of para-hydroxylation sites is 1. The predicted octanol–water partition coefficient (Wildman–Crippen LogP) is 2.47. The van der Waals surface area contributed by atoms with E-state index in [9.17, 15) is 9.59 Å². The quantitative estimate of drug-likeness (QED) is 0.753. The molecule has 1 heterocycles. The third-order valence-corrected chi connectivity index (χ3v) is 5.37. The number of carbonyl (C=O) groups excluding carboxylic acids is 2. The predicted molar refractivity (Wildman–Crippen MR) is 112 cm³/mol. The van der Waals surface area contributed by atoms with Crippen molar-refractivity contribution in [2.45, 2.75) is 6.42 Å². The summed E-state index contributed by atoms with van der Waals surface area (Å²) in [5, 5.41) is 0. The van der Waals surface area contributed by atoms with E-state index in [1.54, 1.807) is 24.0 Å². The minimum Gasteiger partial charge on any atom is -0.496 e. The molecule has 154 valence electrons. The first-order valence-corrected chi connectivity index (χ1v) is 9.78. The highest BCUT2D eigenvalue weighted by atomic mass is 16.5. The van der Waals surface area contributed by atoms with Gasteiger partial charge in [-0.1, -0.05) is 42.5 Å². The van der Waals surface area contributed by atoms with Gasteiger partial charge in [-0.25, -0.2) is 0 Å². The standard InChI is InChI=1S/C23H28N2O4/c1-24-12-13-25(22(26)16-28-2)15-18(23(24)27)14-17-8-4-5-9-19(17)20-10-6-7-11-21(20)29-3/h4-11,18H,12-16H2,1-3H3/t18-/m0/s1. The van der Waals surface area contributed by atoms with E-state index in [0.29, 0.717) is 26.1 Å². The Balaban J connectivity index is 1.91. The SMILES string of the molecule is COCC(=O)N1CCN(C)C(=O)[C@@H](Cc2ccccc2-c2ccccc2OC)C1. The van der Waals surface area contributed by atoms with Gasteiger partial charge in [0.25, 0.3) is 0 Å². The van der Waals surface area contributed by atoms with Gasteiger partial charge in [0.1, 0.15) is 12.4 Å². The summed E-state index contributed by atoms with van der Waals surface area (Å²) in [6.07, 6.45) is 0.550. The van der Waals surface area contributed by atoms with Crippen LogP contribution in [-0.2, 0) is 20.7 Å². The maximum Gasteiger partial charge on any atom is 0.248 e. The van der Waals surface area contributed by atoms with Crippen molar-refractivity contribution in [1.82, 2.24) is 9.80 Å². The first kappa shape index (κ1) is 20.9. The van der Waals surface area contributed by atoms with Crippen LogP contribution < -0.4 is 4.74 Å². The molecule has 0 bridgehead atoms. The van der Waals surface area contributed by atoms with Crippen molar-refractivity contribution in [1.29, 1.82) is 0 Å². The molecule has 1 aliphatic rings. The summed E-state index contributed by atoms with van der Waals surface area (Å²) in [6.45, 7) is 1.47. The lowest BCUT2D eigenvalue weighted by atomic mass is 9.91. The molecule has 1 saturated heterocycles. The maximum atomic E-state index is 13.0. The second-order valence-electron chi connectivity index (χ2n) is 7.29. The fourth-order valence-electron chi connectivity index (χ4n) is 3.81. The topological polar surface area (TPSA) is 59.1 Å². The molecule has 0 radical (unpaired) electrons. The number of rotatable bonds is 6. The maximum absolute atomic E-state index is 13.0. The van der Waals surface area contributed by atoms with Gasteiger partial charge >= 0.3 is 0 Å². The van der Waals surface area contributed by atoms with E-state index in [2.05, 4.69) is 0 Å². The molecule has 2 amide bonds. The van der Waals surface area contributed by atoms with Crippen molar-refractivity contribution in [2.75, 3.05) is 47.5 Å². The zero-order chi connectivity index (χ0) is 20.8. The van der Waals surface area contributed by atoms with Crippen LogP contribution in [0.4, 0.5) is 0 Å². The summed E-state index contributed by atoms with van der Waals surface area (Å²) in [5.41, 5.74) is 3.09. The minimum absolute atomic E-state index is 0.0302. The Morgan fingerprint density at radius 2 is 1.72 bits per heavy atom. The summed E-state index contributed by atoms with van der Waals surface area (Å²) in [7, 11) is 4.96. The number of methoxy groups -OCH3 is 2. The molecule has 6 nitrogen and oxygen atoms in total. The average Bonchev–Trinajstić information content (AvgIpc) is 2.88. The van der Waals surface area contributed by atoms with E-state index in [4.69, 9.17) is 9.47 Å². The van der Waals surface area contributed by atoms with E-state index < -0.39 is 0 Å². The lowest BCUT2D eigenvalue weighted by Gasteiger charge is -2.24. The van der Waals surface area contributed by atoms with E-state index in [0.717, 1.165) is 22.4 Å². The van der Waals surface area contributed by atoms with Crippen molar-refractivity contribution in [3.05, 3.63) is 54.1 Å². The number of benzene rings is 2. The van der Waals surface area contributed by atoms with Crippen LogP contribution in [0, 0.1) is 5.92 Å². The summed E-state index contributed by atoms with van der Waals surface area (Å²) in [4.78, 5) is 28.8. The molecule has 0 saturated carbocycles. The third kappa shape index (κ3) is 4.77. The number of hydrogen-bond acceptors (Lipinski definition) is 4. The number of carbonyl (C=O) groups is 2. The summed E-state index contributed by atoms with van der Waals surface area (Å²) in [5.74, 6) is 0.464. The summed E-state index contributed by atoms with van der Waals surface area (Å²) < 4.78 is 10.5. The van der Waals surface area contributed by atoms with Crippen molar-refractivity contribution in [3.63, 3.8) is 0 Å². The molecular weight excluding hydrogens is 368 g/mol. The Morgan fingerprint density at radius 1 is 1.03 bits per heavy atom. The van der Waals surface area contributed by atoms with Gasteiger partial charge < -0.3 is 19.3 Å². The fourth-order valence-corrected chi connectivity index (χ4v) is 3.81. The second kappa shape index (κ2) is 9.56. The molecule has 0 aromatic heterocycles. The molecule has 0 aliphatic carbocycles. The van der Waals surface area contributed by atoms with Crippen LogP contribution >= 0.6 is 0 Å². The highest BCUT2D eigenvalue weighted by Crippen LogP contribution is 2.33. The zero-order valence-electron chi connectivity index (χ0n) is 17.3. The Bertz CT molecular complexity index is 867. The monoisotopic (exact) mass is 396 g/mol. The molecule has 0 spiro atoms. The first-order chi connectivity index (χ1) is 14.0. The van der Waals surface area contributed by atoms with Crippen molar-refractivity contribution >= 4 is 11.8 Å². The average molecular weight is 396 g/mol. The van der Waals surface area contributed by atoms with E-state index in [1.807, 2.05) is 48.5 Å².